The summed E-state index contributed by atoms with van der Waals surface area (Å²) in [5.41, 5.74) is 0.280. The van der Waals surface area contributed by atoms with E-state index in [1.54, 1.807) is 0 Å². The molecule has 0 aliphatic rings. The van der Waals surface area contributed by atoms with Gasteiger partial charge in [-0.05, 0) is 17.7 Å². The number of rotatable bonds is 6. The number of hydrogen-bond acceptors (Lipinski definition) is 7. The molecular weight excluding hydrogens is 638 g/mol. The van der Waals surface area contributed by atoms with Crippen LogP contribution in [0.4, 0.5) is 26.3 Å². The second kappa shape index (κ2) is 11.3. The number of hydrogen-bond donors (Lipinski definition) is 3. The van der Waals surface area contributed by atoms with Gasteiger partial charge in [-0.25, -0.2) is 41.3 Å². The maximum atomic E-state index is 13.9. The zero-order valence-electron chi connectivity index (χ0n) is 23.7. The molecule has 0 radical (unpaired) electrons. The fourth-order valence-electron chi connectivity index (χ4n) is 5.37. The Bertz CT molecular complexity index is 2160. The van der Waals surface area contributed by atoms with E-state index in [0.717, 1.165) is 36.4 Å². The Hall–Kier alpha value is -6.73. The molecule has 0 bridgehead atoms. The summed E-state index contributed by atoms with van der Waals surface area (Å²) in [5.74, 6) is -11.1. The third-order valence-electron chi connectivity index (χ3n) is 7.65. The van der Waals surface area contributed by atoms with Crippen molar-refractivity contribution in [3.63, 3.8) is 0 Å². The molecule has 48 heavy (non-hydrogen) atoms. The van der Waals surface area contributed by atoms with Crippen molar-refractivity contribution in [1.29, 1.82) is 15.8 Å². The number of pyridine rings is 1. The van der Waals surface area contributed by atoms with E-state index in [2.05, 4.69) is 41.0 Å². The summed E-state index contributed by atoms with van der Waals surface area (Å²) >= 11 is 0. The normalized spacial score (nSPS) is 13.3. The average Bonchev–Trinajstić information content (AvgIpc) is 3.76. The van der Waals surface area contributed by atoms with Crippen LogP contribution in [0.25, 0.3) is 33.1 Å². The van der Waals surface area contributed by atoms with Gasteiger partial charge in [-0.1, -0.05) is 0 Å². The largest absolute Gasteiger partial charge is 0.340 e. The molecule has 3 aromatic carbocycles. The number of imidazole rings is 3. The molecule has 3 atom stereocenters. The maximum absolute atomic E-state index is 13.9. The van der Waals surface area contributed by atoms with Crippen LogP contribution in [0.3, 0.4) is 0 Å². The van der Waals surface area contributed by atoms with Gasteiger partial charge in [-0.2, -0.15) is 15.8 Å². The number of benzene rings is 3. The number of aromatic amines is 3. The highest BCUT2D eigenvalue weighted by molar-refractivity contribution is 5.77. The highest BCUT2D eigenvalue weighted by Crippen LogP contribution is 2.33. The molecule has 4 heterocycles. The first-order chi connectivity index (χ1) is 23.1. The zero-order chi connectivity index (χ0) is 33.9. The van der Waals surface area contributed by atoms with E-state index < -0.39 is 52.7 Å². The first-order valence-electron chi connectivity index (χ1n) is 13.8. The number of nitriles is 3. The summed E-state index contributed by atoms with van der Waals surface area (Å²) < 4.78 is 83.6. The number of nitrogens with zero attached hydrogens (tertiary/aromatic N) is 7. The van der Waals surface area contributed by atoms with E-state index in [4.69, 9.17) is 0 Å². The van der Waals surface area contributed by atoms with Gasteiger partial charge in [-0.3, -0.25) is 4.98 Å². The molecule has 0 spiro atoms. The van der Waals surface area contributed by atoms with Crippen LogP contribution in [-0.2, 0) is 0 Å². The van der Waals surface area contributed by atoms with Crippen molar-refractivity contribution in [3.8, 4) is 18.2 Å². The first kappa shape index (κ1) is 30.0. The van der Waals surface area contributed by atoms with Crippen LogP contribution in [0.15, 0.2) is 48.5 Å². The monoisotopic (exact) mass is 652 g/mol. The molecule has 0 saturated heterocycles. The Morgan fingerprint density at radius 1 is 0.438 bits per heavy atom. The summed E-state index contributed by atoms with van der Waals surface area (Å²) in [6.45, 7) is 0. The van der Waals surface area contributed by atoms with Gasteiger partial charge in [-0.15, -0.1) is 0 Å². The molecule has 0 saturated carbocycles. The lowest BCUT2D eigenvalue weighted by molar-refractivity contribution is 0.510. The predicted molar refractivity (Wildman–Crippen MR) is 155 cm³/mol. The highest BCUT2D eigenvalue weighted by atomic mass is 19.2. The van der Waals surface area contributed by atoms with E-state index in [-0.39, 0.29) is 67.5 Å². The van der Waals surface area contributed by atoms with Crippen molar-refractivity contribution in [3.05, 3.63) is 118 Å². The Morgan fingerprint density at radius 2 is 0.750 bits per heavy atom. The van der Waals surface area contributed by atoms with Crippen molar-refractivity contribution in [1.82, 2.24) is 34.9 Å². The fourth-order valence-corrected chi connectivity index (χ4v) is 5.37. The summed E-state index contributed by atoms with van der Waals surface area (Å²) in [6, 6.07) is 13.9. The third kappa shape index (κ3) is 5.00. The molecule has 234 valence electrons. The van der Waals surface area contributed by atoms with Gasteiger partial charge in [0.15, 0.2) is 34.9 Å². The second-order valence-corrected chi connectivity index (χ2v) is 10.7. The molecule has 4 aromatic heterocycles. The minimum absolute atomic E-state index is 0.00816. The van der Waals surface area contributed by atoms with Crippen LogP contribution >= 0.6 is 0 Å². The standard InChI is InChI=1S/C32H14F6N10/c33-16-3-24-25(4-17(16)34)44-30(43-24)13(9-39)12-1-22(14(10-40)31-45-26-5-18(35)19(36)6-27(26)46-31)42-23(2-12)15(11-41)32-47-28-7-20(37)21(38)8-29(28)48-32/h1-8,13-15H,(H,43,44)(H,45,46)(H,47,48). The number of aromatic nitrogens is 7. The summed E-state index contributed by atoms with van der Waals surface area (Å²) in [5, 5.41) is 30.8. The number of nitrogens with one attached hydrogen (secondary N) is 3. The minimum atomic E-state index is -1.35. The molecule has 0 amide bonds. The topological polar surface area (TPSA) is 170 Å². The molecule has 0 aliphatic heterocycles. The van der Waals surface area contributed by atoms with E-state index in [1.165, 1.54) is 12.1 Å². The highest BCUT2D eigenvalue weighted by Gasteiger charge is 2.29. The van der Waals surface area contributed by atoms with Crippen LogP contribution in [0.5, 0.6) is 0 Å². The van der Waals surface area contributed by atoms with Gasteiger partial charge >= 0.3 is 0 Å². The molecule has 0 fully saturated rings. The van der Waals surface area contributed by atoms with Gasteiger partial charge < -0.3 is 15.0 Å². The van der Waals surface area contributed by atoms with Crippen LogP contribution < -0.4 is 0 Å². The average molecular weight is 653 g/mol. The Kier molecular flexibility index (Phi) is 7.03. The molecule has 3 unspecified atom stereocenters. The molecule has 7 rings (SSSR count). The molecule has 3 N–H and O–H groups in total. The Labute approximate surface area is 264 Å². The van der Waals surface area contributed by atoms with Gasteiger partial charge in [0.25, 0.3) is 0 Å². The molecule has 16 heteroatoms. The fraction of sp³-hybridized carbons (Fsp3) is 0.0938. The lowest BCUT2D eigenvalue weighted by Crippen LogP contribution is -2.12. The van der Waals surface area contributed by atoms with Crippen LogP contribution in [0.1, 0.15) is 52.2 Å². The maximum Gasteiger partial charge on any atom is 0.161 e. The number of halogens is 6. The van der Waals surface area contributed by atoms with Crippen LogP contribution in [-0.4, -0.2) is 34.9 Å². The first-order valence-corrected chi connectivity index (χ1v) is 13.8. The van der Waals surface area contributed by atoms with Gasteiger partial charge in [0.1, 0.15) is 35.2 Å². The molecule has 7 aromatic rings. The molecule has 0 aliphatic carbocycles. The Balaban J connectivity index is 1.41. The number of fused-ring (bicyclic) bond motifs is 3. The van der Waals surface area contributed by atoms with Crippen molar-refractivity contribution in [2.24, 2.45) is 0 Å². The van der Waals surface area contributed by atoms with E-state index in [9.17, 15) is 42.1 Å². The van der Waals surface area contributed by atoms with Gasteiger partial charge in [0.05, 0.1) is 62.7 Å². The van der Waals surface area contributed by atoms with Gasteiger partial charge in [0, 0.05) is 36.4 Å². The minimum Gasteiger partial charge on any atom is -0.340 e. The van der Waals surface area contributed by atoms with Crippen molar-refractivity contribution in [2.75, 3.05) is 0 Å². The summed E-state index contributed by atoms with van der Waals surface area (Å²) in [6.07, 6.45) is 0. The molecular formula is C32H14F6N10. The van der Waals surface area contributed by atoms with Crippen molar-refractivity contribution >= 4 is 33.1 Å². The van der Waals surface area contributed by atoms with Gasteiger partial charge in [0.2, 0.25) is 0 Å². The smallest absolute Gasteiger partial charge is 0.161 e. The van der Waals surface area contributed by atoms with Crippen LogP contribution in [0.2, 0.25) is 0 Å². The van der Waals surface area contributed by atoms with Crippen LogP contribution in [0, 0.1) is 68.9 Å². The summed E-state index contributed by atoms with van der Waals surface area (Å²) in [4.78, 5) is 25.5. The zero-order valence-corrected chi connectivity index (χ0v) is 23.7. The summed E-state index contributed by atoms with van der Waals surface area (Å²) in [7, 11) is 0. The van der Waals surface area contributed by atoms with E-state index in [1.807, 2.05) is 12.1 Å². The molecule has 10 nitrogen and oxygen atoms in total. The van der Waals surface area contributed by atoms with Crippen molar-refractivity contribution in [2.45, 2.75) is 17.8 Å². The van der Waals surface area contributed by atoms with Crippen molar-refractivity contribution < 1.29 is 26.3 Å². The number of H-pyrrole nitrogens is 3. The predicted octanol–water partition coefficient (Wildman–Crippen LogP) is 6.51. The van der Waals surface area contributed by atoms with E-state index in [0.29, 0.717) is 0 Å². The quantitative estimate of drug-likeness (QED) is 0.172. The Morgan fingerprint density at radius 3 is 1.08 bits per heavy atom. The third-order valence-corrected chi connectivity index (χ3v) is 7.65. The lowest BCUT2D eigenvalue weighted by Gasteiger charge is -2.15. The lowest BCUT2D eigenvalue weighted by atomic mass is 9.93. The second-order valence-electron chi connectivity index (χ2n) is 10.7. The SMILES string of the molecule is N#CC(c1cc(C(C#N)c2nc3cc(F)c(F)cc3[nH]2)nc(C(C#N)c2nc3cc(F)c(F)cc3[nH]2)c1)c1nc2cc(F)c(F)cc2[nH]1. The van der Waals surface area contributed by atoms with E-state index >= 15 is 0 Å².